The number of anilines is 2. The number of aromatic nitrogens is 2. The first-order valence-electron chi connectivity index (χ1n) is 8.32. The summed E-state index contributed by atoms with van der Waals surface area (Å²) in [4.78, 5) is 20.6. The Morgan fingerprint density at radius 3 is 2.59 bits per heavy atom. The van der Waals surface area contributed by atoms with Crippen LogP contribution in [0.25, 0.3) is 0 Å². The highest BCUT2D eigenvalue weighted by molar-refractivity contribution is 6.31. The number of nitrogens with one attached hydrogen (secondary N) is 2. The van der Waals surface area contributed by atoms with Crippen molar-refractivity contribution in [3.05, 3.63) is 76.7 Å². The largest absolute Gasteiger partial charge is 0.495 e. The average Bonchev–Trinajstić information content (AvgIpc) is 2.70. The standard InChI is InChI=1S/C20H19ClN4O2/c1-13-8-16(18(27-2)9-15(13)21)25-19-12-22-17(11-23-19)20(26)24-10-14-6-4-3-5-7-14/h3-9,11-12H,10H2,1-2H3,(H,23,25)(H,24,26). The predicted octanol–water partition coefficient (Wildman–Crippen LogP) is 4.12. The lowest BCUT2D eigenvalue weighted by molar-refractivity contribution is 0.0945. The zero-order valence-electron chi connectivity index (χ0n) is 15.0. The van der Waals surface area contributed by atoms with Crippen LogP contribution in [0.5, 0.6) is 5.75 Å². The number of amides is 1. The van der Waals surface area contributed by atoms with Crippen LogP contribution in [0.1, 0.15) is 21.6 Å². The van der Waals surface area contributed by atoms with Crippen molar-refractivity contribution in [1.29, 1.82) is 0 Å². The fraction of sp³-hybridized carbons (Fsp3) is 0.150. The van der Waals surface area contributed by atoms with Crippen LogP contribution in [0.4, 0.5) is 11.5 Å². The van der Waals surface area contributed by atoms with Crippen molar-refractivity contribution in [2.24, 2.45) is 0 Å². The minimum absolute atomic E-state index is 0.246. The molecule has 6 nitrogen and oxygen atoms in total. The lowest BCUT2D eigenvalue weighted by Gasteiger charge is -2.12. The summed E-state index contributed by atoms with van der Waals surface area (Å²) in [7, 11) is 1.57. The monoisotopic (exact) mass is 382 g/mol. The summed E-state index contributed by atoms with van der Waals surface area (Å²) in [6.45, 7) is 2.33. The van der Waals surface area contributed by atoms with Crippen molar-refractivity contribution in [1.82, 2.24) is 15.3 Å². The van der Waals surface area contributed by atoms with E-state index in [-0.39, 0.29) is 11.6 Å². The van der Waals surface area contributed by atoms with Crippen LogP contribution < -0.4 is 15.4 Å². The Balaban J connectivity index is 1.67. The smallest absolute Gasteiger partial charge is 0.271 e. The van der Waals surface area contributed by atoms with Crippen molar-refractivity contribution >= 4 is 29.0 Å². The maximum atomic E-state index is 12.2. The van der Waals surface area contributed by atoms with Crippen molar-refractivity contribution in [3.63, 3.8) is 0 Å². The first-order chi connectivity index (χ1) is 13.1. The molecule has 0 aliphatic carbocycles. The average molecular weight is 383 g/mol. The lowest BCUT2D eigenvalue weighted by atomic mass is 10.2. The molecule has 1 amide bonds. The van der Waals surface area contributed by atoms with Gasteiger partial charge in [-0.25, -0.2) is 9.97 Å². The molecule has 138 valence electrons. The zero-order valence-corrected chi connectivity index (χ0v) is 15.7. The molecule has 1 heterocycles. The molecular weight excluding hydrogens is 364 g/mol. The minimum Gasteiger partial charge on any atom is -0.495 e. The molecule has 0 saturated carbocycles. The lowest BCUT2D eigenvalue weighted by Crippen LogP contribution is -2.24. The fourth-order valence-electron chi connectivity index (χ4n) is 2.45. The molecule has 3 rings (SSSR count). The summed E-state index contributed by atoms with van der Waals surface area (Å²) >= 11 is 6.12. The van der Waals surface area contributed by atoms with Gasteiger partial charge in [0.15, 0.2) is 0 Å². The first-order valence-corrected chi connectivity index (χ1v) is 8.70. The molecule has 0 aliphatic rings. The second-order valence-corrected chi connectivity index (χ2v) is 6.29. The summed E-state index contributed by atoms with van der Waals surface area (Å²) in [6.07, 6.45) is 2.93. The number of aryl methyl sites for hydroxylation is 1. The summed E-state index contributed by atoms with van der Waals surface area (Å²) < 4.78 is 5.33. The van der Waals surface area contributed by atoms with Gasteiger partial charge in [0.1, 0.15) is 17.3 Å². The molecule has 0 bridgehead atoms. The topological polar surface area (TPSA) is 76.1 Å². The third-order valence-corrected chi connectivity index (χ3v) is 4.33. The molecule has 0 atom stereocenters. The molecule has 0 radical (unpaired) electrons. The third-order valence-electron chi connectivity index (χ3n) is 3.92. The van der Waals surface area contributed by atoms with Crippen LogP contribution in [0.15, 0.2) is 54.9 Å². The Kier molecular flexibility index (Phi) is 5.88. The van der Waals surface area contributed by atoms with Crippen molar-refractivity contribution in [2.75, 3.05) is 12.4 Å². The van der Waals surface area contributed by atoms with Gasteiger partial charge < -0.3 is 15.4 Å². The molecule has 0 saturated heterocycles. The molecule has 3 aromatic rings. The summed E-state index contributed by atoms with van der Waals surface area (Å²) in [5, 5.41) is 6.57. The van der Waals surface area contributed by atoms with E-state index < -0.39 is 0 Å². The molecule has 0 aliphatic heterocycles. The number of ether oxygens (including phenoxy) is 1. The number of methoxy groups -OCH3 is 1. The van der Waals surface area contributed by atoms with Gasteiger partial charge in [-0.15, -0.1) is 0 Å². The molecule has 2 N–H and O–H groups in total. The van der Waals surface area contributed by atoms with Gasteiger partial charge in [-0.1, -0.05) is 41.9 Å². The Bertz CT molecular complexity index is 931. The van der Waals surface area contributed by atoms with Gasteiger partial charge in [-0.05, 0) is 24.1 Å². The number of nitrogens with zero attached hydrogens (tertiary/aromatic N) is 2. The van der Waals surface area contributed by atoms with E-state index >= 15 is 0 Å². The second kappa shape index (κ2) is 8.51. The molecule has 2 aromatic carbocycles. The number of halogens is 1. The Morgan fingerprint density at radius 2 is 1.93 bits per heavy atom. The molecule has 27 heavy (non-hydrogen) atoms. The summed E-state index contributed by atoms with van der Waals surface area (Å²) in [6, 6.07) is 13.3. The zero-order chi connectivity index (χ0) is 19.2. The normalized spacial score (nSPS) is 10.3. The van der Waals surface area contributed by atoms with Crippen LogP contribution in [0.2, 0.25) is 5.02 Å². The van der Waals surface area contributed by atoms with Crippen LogP contribution in [0.3, 0.4) is 0 Å². The summed E-state index contributed by atoms with van der Waals surface area (Å²) in [5.41, 5.74) is 2.89. The van der Waals surface area contributed by atoms with E-state index in [4.69, 9.17) is 16.3 Å². The van der Waals surface area contributed by atoms with E-state index in [1.807, 2.05) is 43.3 Å². The van der Waals surface area contributed by atoms with E-state index in [1.54, 1.807) is 13.2 Å². The van der Waals surface area contributed by atoms with E-state index in [0.717, 1.165) is 16.8 Å². The van der Waals surface area contributed by atoms with E-state index in [2.05, 4.69) is 20.6 Å². The van der Waals surface area contributed by atoms with Crippen molar-refractivity contribution in [3.8, 4) is 5.75 Å². The second-order valence-electron chi connectivity index (χ2n) is 5.88. The maximum absolute atomic E-state index is 12.2. The highest BCUT2D eigenvalue weighted by atomic mass is 35.5. The Morgan fingerprint density at radius 1 is 1.15 bits per heavy atom. The molecule has 0 unspecified atom stereocenters. The maximum Gasteiger partial charge on any atom is 0.271 e. The van der Waals surface area contributed by atoms with Crippen LogP contribution >= 0.6 is 11.6 Å². The quantitative estimate of drug-likeness (QED) is 0.670. The Hall–Kier alpha value is -3.12. The predicted molar refractivity (Wildman–Crippen MR) is 106 cm³/mol. The van der Waals surface area contributed by atoms with Gasteiger partial charge >= 0.3 is 0 Å². The van der Waals surface area contributed by atoms with Crippen molar-refractivity contribution in [2.45, 2.75) is 13.5 Å². The van der Waals surface area contributed by atoms with Crippen LogP contribution in [0, 0.1) is 6.92 Å². The molecule has 1 aromatic heterocycles. The molecular formula is C20H19ClN4O2. The van der Waals surface area contributed by atoms with E-state index in [0.29, 0.717) is 23.1 Å². The first kappa shape index (κ1) is 18.7. The number of benzene rings is 2. The highest BCUT2D eigenvalue weighted by Crippen LogP contribution is 2.32. The SMILES string of the molecule is COc1cc(Cl)c(C)cc1Nc1cnc(C(=O)NCc2ccccc2)cn1. The number of hydrogen-bond acceptors (Lipinski definition) is 5. The van der Waals surface area contributed by atoms with Gasteiger partial charge in [-0.2, -0.15) is 0 Å². The van der Waals surface area contributed by atoms with Crippen LogP contribution in [-0.2, 0) is 6.54 Å². The number of carbonyl (C=O) groups excluding carboxylic acids is 1. The van der Waals surface area contributed by atoms with Gasteiger partial charge in [0, 0.05) is 17.6 Å². The summed E-state index contributed by atoms with van der Waals surface area (Å²) in [5.74, 6) is 0.810. The van der Waals surface area contributed by atoms with Gasteiger partial charge in [0.05, 0.1) is 25.2 Å². The highest BCUT2D eigenvalue weighted by Gasteiger charge is 2.10. The molecule has 7 heteroatoms. The number of hydrogen-bond donors (Lipinski definition) is 2. The minimum atomic E-state index is -0.280. The van der Waals surface area contributed by atoms with Gasteiger partial charge in [0.25, 0.3) is 5.91 Å². The number of carbonyl (C=O) groups is 1. The molecule has 0 fully saturated rings. The van der Waals surface area contributed by atoms with E-state index in [1.165, 1.54) is 12.4 Å². The Labute approximate surface area is 162 Å². The fourth-order valence-corrected chi connectivity index (χ4v) is 2.60. The third kappa shape index (κ3) is 4.74. The van der Waals surface area contributed by atoms with Crippen LogP contribution in [-0.4, -0.2) is 23.0 Å². The molecule has 0 spiro atoms. The van der Waals surface area contributed by atoms with Gasteiger partial charge in [-0.3, -0.25) is 4.79 Å². The number of rotatable bonds is 6. The van der Waals surface area contributed by atoms with E-state index in [9.17, 15) is 4.79 Å². The van der Waals surface area contributed by atoms with Gasteiger partial charge in [0.2, 0.25) is 0 Å². The van der Waals surface area contributed by atoms with Crippen molar-refractivity contribution < 1.29 is 9.53 Å².